The fourth-order valence-corrected chi connectivity index (χ4v) is 2.48. The molecule has 1 aromatic carbocycles. The molecule has 17 heavy (non-hydrogen) atoms. The lowest BCUT2D eigenvalue weighted by molar-refractivity contribution is 0.615. The Morgan fingerprint density at radius 3 is 2.94 bits per heavy atom. The van der Waals surface area contributed by atoms with Gasteiger partial charge >= 0.3 is 0 Å². The first kappa shape index (κ1) is 10.5. The van der Waals surface area contributed by atoms with Gasteiger partial charge in [-0.3, -0.25) is 4.98 Å². The summed E-state index contributed by atoms with van der Waals surface area (Å²) in [6.07, 6.45) is 7.29. The van der Waals surface area contributed by atoms with Gasteiger partial charge in [-0.25, -0.2) is 0 Å². The molecule has 1 aromatic heterocycles. The van der Waals surface area contributed by atoms with Gasteiger partial charge < -0.3 is 5.73 Å². The highest BCUT2D eigenvalue weighted by molar-refractivity contribution is 5.91. The van der Waals surface area contributed by atoms with Gasteiger partial charge in [-0.05, 0) is 42.5 Å². The van der Waals surface area contributed by atoms with E-state index in [2.05, 4.69) is 35.3 Å². The minimum atomic E-state index is 0.340. The first-order valence-electron chi connectivity index (χ1n) is 6.13. The van der Waals surface area contributed by atoms with Crippen LogP contribution in [0.5, 0.6) is 0 Å². The molecule has 2 N–H and O–H groups in total. The fourth-order valence-electron chi connectivity index (χ4n) is 2.48. The predicted octanol–water partition coefficient (Wildman–Crippen LogP) is 3.13. The van der Waals surface area contributed by atoms with Crippen molar-refractivity contribution in [1.29, 1.82) is 0 Å². The summed E-state index contributed by atoms with van der Waals surface area (Å²) >= 11 is 0. The van der Waals surface area contributed by atoms with E-state index in [0.29, 0.717) is 6.04 Å². The van der Waals surface area contributed by atoms with Gasteiger partial charge in [0.2, 0.25) is 0 Å². The summed E-state index contributed by atoms with van der Waals surface area (Å²) in [5, 5.41) is 1.25. The molecule has 1 atom stereocenters. The summed E-state index contributed by atoms with van der Waals surface area (Å²) in [5.41, 5.74) is 9.74. The zero-order valence-corrected chi connectivity index (χ0v) is 9.76. The lowest BCUT2D eigenvalue weighted by Gasteiger charge is -2.19. The van der Waals surface area contributed by atoms with Crippen LogP contribution in [0, 0.1) is 0 Å². The molecular weight excluding hydrogens is 208 g/mol. The lowest BCUT2D eigenvalue weighted by atomic mass is 9.89. The van der Waals surface area contributed by atoms with Crippen LogP contribution in [-0.2, 0) is 0 Å². The number of nitrogens with two attached hydrogens (primary N) is 1. The van der Waals surface area contributed by atoms with E-state index >= 15 is 0 Å². The molecule has 2 aromatic rings. The maximum absolute atomic E-state index is 5.93. The highest BCUT2D eigenvalue weighted by Crippen LogP contribution is 2.30. The van der Waals surface area contributed by atoms with E-state index in [1.54, 1.807) is 0 Å². The molecular formula is C15H16N2. The maximum atomic E-state index is 5.93. The van der Waals surface area contributed by atoms with Crippen molar-refractivity contribution in [2.45, 2.75) is 25.3 Å². The van der Waals surface area contributed by atoms with Gasteiger partial charge in [0.15, 0.2) is 0 Å². The summed E-state index contributed by atoms with van der Waals surface area (Å²) in [4.78, 5) is 4.40. The molecule has 0 aliphatic heterocycles. The highest BCUT2D eigenvalue weighted by atomic mass is 14.6. The summed E-state index contributed by atoms with van der Waals surface area (Å²) < 4.78 is 0. The van der Waals surface area contributed by atoms with Gasteiger partial charge in [0.25, 0.3) is 0 Å². The molecule has 1 heterocycles. The normalized spacial score (nSPS) is 20.3. The van der Waals surface area contributed by atoms with Crippen molar-refractivity contribution in [3.05, 3.63) is 48.2 Å². The molecule has 2 heteroatoms. The van der Waals surface area contributed by atoms with Crippen LogP contribution >= 0.6 is 0 Å². The van der Waals surface area contributed by atoms with Crippen molar-refractivity contribution in [2.75, 3.05) is 0 Å². The number of fused-ring (bicyclic) bond motifs is 1. The van der Waals surface area contributed by atoms with Crippen LogP contribution in [0.4, 0.5) is 0 Å². The Bertz CT molecular complexity index is 567. The Labute approximate surface area is 101 Å². The van der Waals surface area contributed by atoms with Crippen LogP contribution in [0.25, 0.3) is 16.5 Å². The van der Waals surface area contributed by atoms with Gasteiger partial charge in [0, 0.05) is 17.6 Å². The largest absolute Gasteiger partial charge is 0.327 e. The van der Waals surface area contributed by atoms with E-state index in [-0.39, 0.29) is 0 Å². The zero-order chi connectivity index (χ0) is 11.7. The van der Waals surface area contributed by atoms with Crippen LogP contribution in [-0.4, -0.2) is 11.0 Å². The van der Waals surface area contributed by atoms with Gasteiger partial charge in [0.1, 0.15) is 0 Å². The Morgan fingerprint density at radius 2 is 2.12 bits per heavy atom. The summed E-state index contributed by atoms with van der Waals surface area (Å²) in [5.74, 6) is 0. The fraction of sp³-hybridized carbons (Fsp3) is 0.267. The second-order valence-corrected chi connectivity index (χ2v) is 4.64. The van der Waals surface area contributed by atoms with E-state index in [1.807, 2.05) is 12.3 Å². The van der Waals surface area contributed by atoms with Crippen molar-refractivity contribution < 1.29 is 0 Å². The maximum Gasteiger partial charge on any atom is 0.0708 e. The molecule has 86 valence electrons. The van der Waals surface area contributed by atoms with Crippen LogP contribution in [0.3, 0.4) is 0 Å². The molecule has 0 amide bonds. The number of hydrogen-bond acceptors (Lipinski definition) is 2. The summed E-state index contributed by atoms with van der Waals surface area (Å²) in [6.45, 7) is 0. The first-order valence-corrected chi connectivity index (χ1v) is 6.13. The van der Waals surface area contributed by atoms with Crippen molar-refractivity contribution >= 4 is 16.5 Å². The third kappa shape index (κ3) is 1.96. The Hall–Kier alpha value is -1.67. The van der Waals surface area contributed by atoms with Crippen molar-refractivity contribution in [2.24, 2.45) is 5.73 Å². The molecule has 0 saturated carbocycles. The molecule has 1 aliphatic carbocycles. The van der Waals surface area contributed by atoms with E-state index in [9.17, 15) is 0 Å². The zero-order valence-electron chi connectivity index (χ0n) is 9.76. The average Bonchev–Trinajstić information content (AvgIpc) is 2.39. The van der Waals surface area contributed by atoms with Crippen LogP contribution < -0.4 is 5.73 Å². The van der Waals surface area contributed by atoms with Crippen molar-refractivity contribution in [3.8, 4) is 0 Å². The molecule has 0 spiro atoms. The summed E-state index contributed by atoms with van der Waals surface area (Å²) in [6, 6.07) is 10.8. The molecule has 0 fully saturated rings. The standard InChI is InChI=1S/C15H16N2/c16-12-8-6-11(7-9-12)13-3-1-5-15-14(13)4-2-10-17-15/h1-6,10,12H,7-9,16H2. The van der Waals surface area contributed by atoms with Gasteiger partial charge in [-0.15, -0.1) is 0 Å². The minimum Gasteiger partial charge on any atom is -0.327 e. The third-order valence-electron chi connectivity index (χ3n) is 3.44. The second kappa shape index (κ2) is 4.30. The number of aromatic nitrogens is 1. The van der Waals surface area contributed by atoms with Crippen molar-refractivity contribution in [1.82, 2.24) is 4.98 Å². The Kier molecular flexibility index (Phi) is 2.65. The Morgan fingerprint density at radius 1 is 1.18 bits per heavy atom. The molecule has 1 aliphatic rings. The van der Waals surface area contributed by atoms with Crippen LogP contribution in [0.15, 0.2) is 42.6 Å². The lowest BCUT2D eigenvalue weighted by Crippen LogP contribution is -2.21. The molecule has 2 nitrogen and oxygen atoms in total. The highest BCUT2D eigenvalue weighted by Gasteiger charge is 2.13. The second-order valence-electron chi connectivity index (χ2n) is 4.64. The monoisotopic (exact) mass is 224 g/mol. The number of pyridine rings is 1. The smallest absolute Gasteiger partial charge is 0.0708 e. The molecule has 0 saturated heterocycles. The average molecular weight is 224 g/mol. The molecule has 0 bridgehead atoms. The van der Waals surface area contributed by atoms with E-state index < -0.39 is 0 Å². The first-order chi connectivity index (χ1) is 8.34. The van der Waals surface area contributed by atoms with Crippen LogP contribution in [0.1, 0.15) is 24.8 Å². The molecule has 0 radical (unpaired) electrons. The molecule has 3 rings (SSSR count). The molecule has 1 unspecified atom stereocenters. The van der Waals surface area contributed by atoms with Crippen molar-refractivity contribution in [3.63, 3.8) is 0 Å². The third-order valence-corrected chi connectivity index (χ3v) is 3.44. The number of hydrogen-bond donors (Lipinski definition) is 1. The quantitative estimate of drug-likeness (QED) is 0.808. The number of benzene rings is 1. The predicted molar refractivity (Wildman–Crippen MR) is 71.5 cm³/mol. The number of allylic oxidation sites excluding steroid dienone is 1. The van der Waals surface area contributed by atoms with Crippen LogP contribution in [0.2, 0.25) is 0 Å². The minimum absolute atomic E-state index is 0.340. The van der Waals surface area contributed by atoms with E-state index in [4.69, 9.17) is 5.73 Å². The van der Waals surface area contributed by atoms with E-state index in [0.717, 1.165) is 24.8 Å². The number of rotatable bonds is 1. The van der Waals surface area contributed by atoms with Gasteiger partial charge in [-0.1, -0.05) is 24.3 Å². The van der Waals surface area contributed by atoms with Gasteiger partial charge in [-0.2, -0.15) is 0 Å². The topological polar surface area (TPSA) is 38.9 Å². The number of nitrogens with zero attached hydrogens (tertiary/aromatic N) is 1. The van der Waals surface area contributed by atoms with Gasteiger partial charge in [0.05, 0.1) is 5.52 Å². The van der Waals surface area contributed by atoms with E-state index in [1.165, 1.54) is 16.5 Å². The summed E-state index contributed by atoms with van der Waals surface area (Å²) in [7, 11) is 0. The SMILES string of the molecule is NC1CC=C(c2cccc3ncccc23)CC1. The Balaban J connectivity index is 2.11.